The Morgan fingerprint density at radius 3 is 2.57 bits per heavy atom. The molecule has 1 aromatic carbocycles. The van der Waals surface area contributed by atoms with Gasteiger partial charge >= 0.3 is 0 Å². The lowest BCUT2D eigenvalue weighted by atomic mass is 10.0. The van der Waals surface area contributed by atoms with Gasteiger partial charge in [-0.1, -0.05) is 13.0 Å². The highest BCUT2D eigenvalue weighted by molar-refractivity contribution is 5.83. The average molecular weight is 193 g/mol. The second kappa shape index (κ2) is 4.00. The molecule has 1 rings (SSSR count). The molecular formula is C10H11NO3. The molecule has 0 radical (unpaired) electrons. The Morgan fingerprint density at radius 2 is 2.14 bits per heavy atom. The molecule has 74 valence electrons. The van der Waals surface area contributed by atoms with Gasteiger partial charge in [-0.05, 0) is 25.0 Å². The van der Waals surface area contributed by atoms with Crippen LogP contribution in [0.2, 0.25) is 0 Å². The molecule has 0 spiro atoms. The van der Waals surface area contributed by atoms with Gasteiger partial charge in [0.2, 0.25) is 0 Å². The van der Waals surface area contributed by atoms with E-state index in [0.29, 0.717) is 18.3 Å². The number of nitrogens with zero attached hydrogens (tertiary/aromatic N) is 1. The van der Waals surface area contributed by atoms with E-state index in [4.69, 9.17) is 0 Å². The highest BCUT2D eigenvalue weighted by Crippen LogP contribution is 2.26. The van der Waals surface area contributed by atoms with Crippen LogP contribution in [0.4, 0.5) is 5.69 Å². The summed E-state index contributed by atoms with van der Waals surface area (Å²) in [6.45, 7) is 3.64. The number of rotatable bonds is 3. The van der Waals surface area contributed by atoms with E-state index in [1.165, 1.54) is 6.07 Å². The van der Waals surface area contributed by atoms with Gasteiger partial charge in [-0.25, -0.2) is 0 Å². The van der Waals surface area contributed by atoms with Crippen molar-refractivity contribution in [2.45, 2.75) is 20.3 Å². The molecule has 0 aliphatic rings. The van der Waals surface area contributed by atoms with Crippen molar-refractivity contribution in [3.05, 3.63) is 38.9 Å². The summed E-state index contributed by atoms with van der Waals surface area (Å²) < 4.78 is 0. The maximum Gasteiger partial charge on any atom is 0.283 e. The van der Waals surface area contributed by atoms with Gasteiger partial charge in [0.05, 0.1) is 10.5 Å². The van der Waals surface area contributed by atoms with Crippen molar-refractivity contribution >= 4 is 12.0 Å². The highest BCUT2D eigenvalue weighted by atomic mass is 16.6. The summed E-state index contributed by atoms with van der Waals surface area (Å²) in [7, 11) is 0. The van der Waals surface area contributed by atoms with E-state index < -0.39 is 4.92 Å². The predicted octanol–water partition coefficient (Wildman–Crippen LogP) is 2.28. The van der Waals surface area contributed by atoms with E-state index in [-0.39, 0.29) is 11.3 Å². The lowest BCUT2D eigenvalue weighted by Crippen LogP contribution is -2.01. The first-order valence-corrected chi connectivity index (χ1v) is 4.33. The van der Waals surface area contributed by atoms with Crippen LogP contribution < -0.4 is 0 Å². The first-order valence-electron chi connectivity index (χ1n) is 4.33. The van der Waals surface area contributed by atoms with Gasteiger partial charge < -0.3 is 0 Å². The lowest BCUT2D eigenvalue weighted by Gasteiger charge is -2.05. The Balaban J connectivity index is 3.51. The summed E-state index contributed by atoms with van der Waals surface area (Å²) in [5.41, 5.74) is 1.59. The second-order valence-corrected chi connectivity index (χ2v) is 3.03. The molecule has 0 aliphatic heterocycles. The summed E-state index contributed by atoms with van der Waals surface area (Å²) >= 11 is 0. The lowest BCUT2D eigenvalue weighted by molar-refractivity contribution is -0.385. The SMILES string of the molecule is CCc1c(C)ccc(C=O)c1[N+](=O)[O-]. The smallest absolute Gasteiger partial charge is 0.283 e. The molecule has 0 aromatic heterocycles. The van der Waals surface area contributed by atoms with Gasteiger partial charge in [0.15, 0.2) is 6.29 Å². The fourth-order valence-electron chi connectivity index (χ4n) is 1.51. The zero-order chi connectivity index (χ0) is 10.7. The third kappa shape index (κ3) is 1.64. The highest BCUT2D eigenvalue weighted by Gasteiger charge is 2.19. The second-order valence-electron chi connectivity index (χ2n) is 3.03. The van der Waals surface area contributed by atoms with Crippen LogP contribution in [0.15, 0.2) is 12.1 Å². The van der Waals surface area contributed by atoms with Crippen molar-refractivity contribution < 1.29 is 9.72 Å². The van der Waals surface area contributed by atoms with E-state index >= 15 is 0 Å². The monoisotopic (exact) mass is 193 g/mol. The van der Waals surface area contributed by atoms with E-state index in [0.717, 1.165) is 5.56 Å². The minimum Gasteiger partial charge on any atom is -0.298 e. The van der Waals surface area contributed by atoms with Gasteiger partial charge in [-0.3, -0.25) is 14.9 Å². The molecule has 0 fully saturated rings. The van der Waals surface area contributed by atoms with Crippen molar-refractivity contribution in [2.75, 3.05) is 0 Å². The number of hydrogen-bond acceptors (Lipinski definition) is 3. The quantitative estimate of drug-likeness (QED) is 0.420. The number of carbonyl (C=O) groups is 1. The Hall–Kier alpha value is -1.71. The van der Waals surface area contributed by atoms with Crippen molar-refractivity contribution in [3.63, 3.8) is 0 Å². The zero-order valence-corrected chi connectivity index (χ0v) is 8.11. The molecule has 4 heteroatoms. The Labute approximate surface area is 81.7 Å². The minimum absolute atomic E-state index is 0.0532. The number of benzene rings is 1. The molecule has 1 aromatic rings. The zero-order valence-electron chi connectivity index (χ0n) is 8.11. The molecule has 0 saturated carbocycles. The van der Waals surface area contributed by atoms with Crippen molar-refractivity contribution in [3.8, 4) is 0 Å². The van der Waals surface area contributed by atoms with Crippen LogP contribution >= 0.6 is 0 Å². The van der Waals surface area contributed by atoms with Crippen LogP contribution in [0.1, 0.15) is 28.4 Å². The molecule has 0 atom stereocenters. The van der Waals surface area contributed by atoms with Gasteiger partial charge in [-0.2, -0.15) is 0 Å². The third-order valence-electron chi connectivity index (χ3n) is 2.21. The first kappa shape index (κ1) is 10.4. The Kier molecular flexibility index (Phi) is 2.96. The number of nitro groups is 1. The maximum atomic E-state index is 10.8. The fourth-order valence-corrected chi connectivity index (χ4v) is 1.51. The van der Waals surface area contributed by atoms with E-state index in [9.17, 15) is 14.9 Å². The van der Waals surface area contributed by atoms with Gasteiger partial charge in [0.25, 0.3) is 5.69 Å². The van der Waals surface area contributed by atoms with E-state index in [2.05, 4.69) is 0 Å². The Bertz CT molecular complexity index is 385. The topological polar surface area (TPSA) is 60.2 Å². The average Bonchev–Trinajstić information content (AvgIpc) is 2.17. The third-order valence-corrected chi connectivity index (χ3v) is 2.21. The summed E-state index contributed by atoms with van der Waals surface area (Å²) in [6.07, 6.45) is 1.08. The van der Waals surface area contributed by atoms with Crippen molar-refractivity contribution in [1.29, 1.82) is 0 Å². The maximum absolute atomic E-state index is 10.8. The summed E-state index contributed by atoms with van der Waals surface area (Å²) in [5, 5.41) is 10.8. The van der Waals surface area contributed by atoms with Crippen LogP contribution in [0.3, 0.4) is 0 Å². The van der Waals surface area contributed by atoms with Crippen LogP contribution in [0.5, 0.6) is 0 Å². The Morgan fingerprint density at radius 1 is 1.50 bits per heavy atom. The molecule has 0 bridgehead atoms. The van der Waals surface area contributed by atoms with Crippen LogP contribution in [0.25, 0.3) is 0 Å². The molecule has 0 N–H and O–H groups in total. The van der Waals surface area contributed by atoms with Crippen LogP contribution in [-0.4, -0.2) is 11.2 Å². The van der Waals surface area contributed by atoms with E-state index in [1.54, 1.807) is 13.0 Å². The number of aldehydes is 1. The van der Waals surface area contributed by atoms with Crippen molar-refractivity contribution in [1.82, 2.24) is 0 Å². The van der Waals surface area contributed by atoms with Gasteiger partial charge in [0.1, 0.15) is 0 Å². The van der Waals surface area contributed by atoms with Gasteiger partial charge in [-0.15, -0.1) is 0 Å². The molecule has 0 saturated heterocycles. The molecule has 0 unspecified atom stereocenters. The number of nitro benzene ring substituents is 1. The number of carbonyl (C=O) groups excluding carboxylic acids is 1. The molecule has 0 amide bonds. The van der Waals surface area contributed by atoms with Crippen LogP contribution in [0, 0.1) is 17.0 Å². The molecular weight excluding hydrogens is 182 g/mol. The first-order chi connectivity index (χ1) is 6.61. The summed E-state index contributed by atoms with van der Waals surface area (Å²) in [4.78, 5) is 20.9. The molecule has 0 heterocycles. The minimum atomic E-state index is -0.491. The van der Waals surface area contributed by atoms with Gasteiger partial charge in [0, 0.05) is 5.56 Å². The fraction of sp³-hybridized carbons (Fsp3) is 0.300. The number of aryl methyl sites for hydroxylation is 1. The standard InChI is InChI=1S/C10H11NO3/c1-3-9-7(2)4-5-8(6-12)10(9)11(13)14/h4-6H,3H2,1-2H3. The molecule has 14 heavy (non-hydrogen) atoms. The summed E-state index contributed by atoms with van der Waals surface area (Å²) in [6, 6.07) is 3.22. The largest absolute Gasteiger partial charge is 0.298 e. The predicted molar refractivity (Wildman–Crippen MR) is 52.6 cm³/mol. The van der Waals surface area contributed by atoms with Crippen LogP contribution in [-0.2, 0) is 6.42 Å². The molecule has 4 nitrogen and oxygen atoms in total. The number of hydrogen-bond donors (Lipinski definition) is 0. The molecule has 0 aliphatic carbocycles. The normalized spacial score (nSPS) is 9.86. The van der Waals surface area contributed by atoms with Crippen molar-refractivity contribution in [2.24, 2.45) is 0 Å². The summed E-state index contributed by atoms with van der Waals surface area (Å²) in [5.74, 6) is 0. The van der Waals surface area contributed by atoms with E-state index in [1.807, 2.05) is 6.92 Å².